The lowest BCUT2D eigenvalue weighted by Crippen LogP contribution is -3.27. The first-order valence-electron chi connectivity index (χ1n) is 8.00. The molecule has 0 bridgehead atoms. The summed E-state index contributed by atoms with van der Waals surface area (Å²) in [6.45, 7) is 6.76. The number of quaternary nitrogens is 2. The van der Waals surface area contributed by atoms with Crippen molar-refractivity contribution >= 4 is 12.0 Å². The first-order valence-corrected chi connectivity index (χ1v) is 8.00. The number of hydrogen-bond acceptors (Lipinski definition) is 1. The molecule has 1 aromatic carbocycles. The number of piperazine rings is 1. The van der Waals surface area contributed by atoms with Crippen LogP contribution in [-0.2, 0) is 4.79 Å². The summed E-state index contributed by atoms with van der Waals surface area (Å²) in [5, 5.41) is 2.89. The van der Waals surface area contributed by atoms with E-state index >= 15 is 0 Å². The number of benzene rings is 1. The van der Waals surface area contributed by atoms with E-state index in [4.69, 9.17) is 0 Å². The Hall–Kier alpha value is -1.72. The third-order valence-electron chi connectivity index (χ3n) is 4.11. The summed E-state index contributed by atoms with van der Waals surface area (Å²) in [6, 6.07) is 6.08. The molecule has 1 amide bonds. The van der Waals surface area contributed by atoms with Crippen molar-refractivity contribution < 1.29 is 19.0 Å². The Bertz CT molecular complexity index is 493. The maximum absolute atomic E-state index is 12.8. The van der Waals surface area contributed by atoms with Gasteiger partial charge in [-0.25, -0.2) is 4.39 Å². The minimum atomic E-state index is -0.269. The number of halogens is 1. The van der Waals surface area contributed by atoms with Crippen molar-refractivity contribution in [3.63, 3.8) is 0 Å². The first kappa shape index (κ1) is 16.6. The molecule has 0 aromatic heterocycles. The molecule has 2 rings (SSSR count). The molecule has 0 unspecified atom stereocenters. The third-order valence-corrected chi connectivity index (χ3v) is 4.11. The van der Waals surface area contributed by atoms with Gasteiger partial charge in [-0.2, -0.15) is 0 Å². The minimum absolute atomic E-state index is 0.0952. The van der Waals surface area contributed by atoms with E-state index in [1.54, 1.807) is 28.0 Å². The van der Waals surface area contributed by atoms with Gasteiger partial charge in [0.05, 0.1) is 13.6 Å². The van der Waals surface area contributed by atoms with E-state index in [2.05, 4.69) is 12.4 Å². The van der Waals surface area contributed by atoms with Gasteiger partial charge in [0.2, 0.25) is 5.91 Å². The molecule has 5 heteroatoms. The van der Waals surface area contributed by atoms with Crippen LogP contribution in [-0.4, -0.2) is 52.2 Å². The van der Waals surface area contributed by atoms with Gasteiger partial charge in [-0.1, -0.05) is 12.1 Å². The van der Waals surface area contributed by atoms with Crippen molar-refractivity contribution in [2.45, 2.75) is 6.42 Å². The molecule has 1 saturated heterocycles. The van der Waals surface area contributed by atoms with Crippen molar-refractivity contribution in [1.29, 1.82) is 0 Å². The number of amides is 1. The standard InChI is InChI=1S/C17H24FN3O/c1-20-11-13-21(14-12-20)10-2-9-19-17(22)8-5-15-3-6-16(18)7-4-15/h3-8H,2,9-14H2,1H3,(H,19,22)/p+2/b8-5+. The second kappa shape index (κ2) is 8.66. The van der Waals surface area contributed by atoms with Crippen LogP contribution >= 0.6 is 0 Å². The molecule has 3 N–H and O–H groups in total. The van der Waals surface area contributed by atoms with E-state index < -0.39 is 0 Å². The Labute approximate surface area is 131 Å². The van der Waals surface area contributed by atoms with Crippen LogP contribution in [0.1, 0.15) is 12.0 Å². The second-order valence-corrected chi connectivity index (χ2v) is 5.99. The quantitative estimate of drug-likeness (QED) is 0.446. The molecular formula is C17H26FN3O+2. The lowest BCUT2D eigenvalue weighted by Gasteiger charge is -2.27. The molecule has 0 saturated carbocycles. The monoisotopic (exact) mass is 307 g/mol. The highest BCUT2D eigenvalue weighted by molar-refractivity contribution is 5.91. The lowest BCUT2D eigenvalue weighted by molar-refractivity contribution is -1.00. The van der Waals surface area contributed by atoms with Crippen LogP contribution in [0.25, 0.3) is 6.08 Å². The molecule has 0 radical (unpaired) electrons. The van der Waals surface area contributed by atoms with Gasteiger partial charge in [0.1, 0.15) is 32.0 Å². The molecule has 1 heterocycles. The van der Waals surface area contributed by atoms with Gasteiger partial charge in [0.15, 0.2) is 0 Å². The summed E-state index contributed by atoms with van der Waals surface area (Å²) >= 11 is 0. The largest absolute Gasteiger partial charge is 0.352 e. The summed E-state index contributed by atoms with van der Waals surface area (Å²) in [4.78, 5) is 14.9. The van der Waals surface area contributed by atoms with Crippen molar-refractivity contribution in [1.82, 2.24) is 5.32 Å². The molecule has 1 aliphatic rings. The van der Waals surface area contributed by atoms with Gasteiger partial charge in [0.25, 0.3) is 0 Å². The predicted molar refractivity (Wildman–Crippen MR) is 85.2 cm³/mol. The van der Waals surface area contributed by atoms with Crippen molar-refractivity contribution in [3.05, 3.63) is 41.7 Å². The summed E-state index contributed by atoms with van der Waals surface area (Å²) in [5.74, 6) is -0.364. The van der Waals surface area contributed by atoms with Gasteiger partial charge >= 0.3 is 0 Å². The Kier molecular flexibility index (Phi) is 6.55. The number of carbonyl (C=O) groups excluding carboxylic acids is 1. The number of hydrogen-bond donors (Lipinski definition) is 3. The Morgan fingerprint density at radius 2 is 1.91 bits per heavy atom. The fourth-order valence-corrected chi connectivity index (χ4v) is 2.64. The zero-order valence-electron chi connectivity index (χ0n) is 13.2. The Morgan fingerprint density at radius 3 is 2.59 bits per heavy atom. The van der Waals surface area contributed by atoms with Crippen LogP contribution in [0.5, 0.6) is 0 Å². The summed E-state index contributed by atoms with van der Waals surface area (Å²) in [6.07, 6.45) is 4.20. The van der Waals surface area contributed by atoms with Crippen LogP contribution in [0.2, 0.25) is 0 Å². The van der Waals surface area contributed by atoms with Crippen LogP contribution in [0.4, 0.5) is 4.39 Å². The lowest BCUT2D eigenvalue weighted by atomic mass is 10.2. The highest BCUT2D eigenvalue weighted by Crippen LogP contribution is 2.04. The van der Waals surface area contributed by atoms with Gasteiger partial charge < -0.3 is 15.1 Å². The topological polar surface area (TPSA) is 38.0 Å². The van der Waals surface area contributed by atoms with Crippen LogP contribution in [0.15, 0.2) is 30.3 Å². The maximum atomic E-state index is 12.8. The van der Waals surface area contributed by atoms with Crippen molar-refractivity contribution in [2.75, 3.05) is 46.3 Å². The highest BCUT2D eigenvalue weighted by atomic mass is 19.1. The summed E-state index contributed by atoms with van der Waals surface area (Å²) in [7, 11) is 2.24. The molecule has 22 heavy (non-hydrogen) atoms. The fourth-order valence-electron chi connectivity index (χ4n) is 2.64. The minimum Gasteiger partial charge on any atom is -0.352 e. The SMILES string of the molecule is C[NH+]1CC[NH+](CCCNC(=O)/C=C/c2ccc(F)cc2)CC1. The molecule has 1 aliphatic heterocycles. The van der Waals surface area contributed by atoms with Crippen molar-refractivity contribution in [2.24, 2.45) is 0 Å². The molecule has 0 spiro atoms. The van der Waals surface area contributed by atoms with Gasteiger partial charge in [0, 0.05) is 19.0 Å². The molecule has 4 nitrogen and oxygen atoms in total. The van der Waals surface area contributed by atoms with Gasteiger partial charge in [-0.3, -0.25) is 4.79 Å². The highest BCUT2D eigenvalue weighted by Gasteiger charge is 2.18. The number of likely N-dealkylation sites (N-methyl/N-ethyl adjacent to an activating group) is 1. The van der Waals surface area contributed by atoms with E-state index in [-0.39, 0.29) is 11.7 Å². The van der Waals surface area contributed by atoms with E-state index in [0.29, 0.717) is 6.54 Å². The molecule has 0 atom stereocenters. The average Bonchev–Trinajstić information content (AvgIpc) is 2.53. The van der Waals surface area contributed by atoms with Crippen molar-refractivity contribution in [3.8, 4) is 0 Å². The molecule has 0 aliphatic carbocycles. The smallest absolute Gasteiger partial charge is 0.244 e. The average molecular weight is 307 g/mol. The first-order chi connectivity index (χ1) is 10.6. The molecule has 120 valence electrons. The van der Waals surface area contributed by atoms with E-state index in [1.807, 2.05) is 0 Å². The zero-order valence-corrected chi connectivity index (χ0v) is 13.2. The summed E-state index contributed by atoms with van der Waals surface area (Å²) < 4.78 is 12.8. The van der Waals surface area contributed by atoms with Crippen LogP contribution in [0.3, 0.4) is 0 Å². The third kappa shape index (κ3) is 5.95. The predicted octanol–water partition coefficient (Wildman–Crippen LogP) is -1.24. The molecule has 1 aromatic rings. The number of carbonyl (C=O) groups is 1. The Balaban J connectivity index is 1.60. The Morgan fingerprint density at radius 1 is 1.23 bits per heavy atom. The summed E-state index contributed by atoms with van der Waals surface area (Å²) in [5.41, 5.74) is 0.820. The fraction of sp³-hybridized carbons (Fsp3) is 0.471. The number of rotatable bonds is 6. The molecular weight excluding hydrogens is 281 g/mol. The van der Waals surface area contributed by atoms with Crippen LogP contribution < -0.4 is 15.1 Å². The van der Waals surface area contributed by atoms with Gasteiger partial charge in [-0.05, 0) is 23.8 Å². The number of nitrogens with one attached hydrogen (secondary N) is 3. The normalized spacial score (nSPS) is 21.9. The molecule has 1 fully saturated rings. The second-order valence-electron chi connectivity index (χ2n) is 5.99. The van der Waals surface area contributed by atoms with E-state index in [1.165, 1.54) is 44.4 Å². The zero-order chi connectivity index (χ0) is 15.8. The van der Waals surface area contributed by atoms with Gasteiger partial charge in [-0.15, -0.1) is 0 Å². The van der Waals surface area contributed by atoms with Crippen LogP contribution in [0, 0.1) is 5.82 Å². The van der Waals surface area contributed by atoms with E-state index in [9.17, 15) is 9.18 Å². The van der Waals surface area contributed by atoms with E-state index in [0.717, 1.165) is 18.5 Å². The maximum Gasteiger partial charge on any atom is 0.244 e.